The van der Waals surface area contributed by atoms with Crippen LogP contribution in [0.2, 0.25) is 0 Å². The van der Waals surface area contributed by atoms with E-state index in [1.807, 2.05) is 50.5 Å². The van der Waals surface area contributed by atoms with Gasteiger partial charge < -0.3 is 10.6 Å². The zero-order valence-electron chi connectivity index (χ0n) is 11.2. The molecule has 0 fully saturated rings. The number of aromatic nitrogens is 1. The molecule has 0 saturated carbocycles. The minimum Gasteiger partial charge on any atom is -0.384 e. The first-order valence-corrected chi connectivity index (χ1v) is 6.13. The number of aryl methyl sites for hydroxylation is 1. The largest absolute Gasteiger partial charge is 0.384 e. The quantitative estimate of drug-likeness (QED) is 0.650. The lowest BCUT2D eigenvalue weighted by molar-refractivity contribution is 0.908. The summed E-state index contributed by atoms with van der Waals surface area (Å²) in [5, 5.41) is 7.68. The monoisotopic (exact) mass is 254 g/mol. The van der Waals surface area contributed by atoms with Gasteiger partial charge in [0.2, 0.25) is 0 Å². The van der Waals surface area contributed by atoms with Crippen LogP contribution >= 0.6 is 0 Å². The average molecular weight is 254 g/mol. The van der Waals surface area contributed by atoms with Crippen LogP contribution in [0.3, 0.4) is 0 Å². The summed E-state index contributed by atoms with van der Waals surface area (Å²) >= 11 is 0. The van der Waals surface area contributed by atoms with Crippen molar-refractivity contribution in [1.82, 2.24) is 4.98 Å². The van der Waals surface area contributed by atoms with E-state index in [1.165, 1.54) is 0 Å². The van der Waals surface area contributed by atoms with E-state index in [1.54, 1.807) is 6.20 Å². The van der Waals surface area contributed by atoms with Crippen molar-refractivity contribution in [3.05, 3.63) is 59.4 Å². The normalized spacial score (nSPS) is 10.2. The lowest BCUT2D eigenvalue weighted by atomic mass is 10.1. The highest BCUT2D eigenvalue weighted by Crippen LogP contribution is 2.25. The van der Waals surface area contributed by atoms with Crippen LogP contribution in [-0.4, -0.2) is 17.9 Å². The predicted octanol–water partition coefficient (Wildman–Crippen LogP) is 2.31. The number of nitrogens with two attached hydrogens (primary N) is 1. The number of rotatable bonds is 4. The van der Waals surface area contributed by atoms with Gasteiger partial charge in [0.05, 0.1) is 5.69 Å². The summed E-state index contributed by atoms with van der Waals surface area (Å²) in [4.78, 5) is 6.22. The Balaban J connectivity index is 2.33. The maximum Gasteiger partial charge on any atom is 0.124 e. The molecule has 0 aliphatic carbocycles. The topological polar surface area (TPSA) is 66.0 Å². The maximum atomic E-state index is 7.68. The molecule has 98 valence electrons. The summed E-state index contributed by atoms with van der Waals surface area (Å²) in [5.41, 5.74) is 9.67. The Labute approximate surface area is 113 Å². The molecule has 0 atom stereocenters. The number of hydrogen-bond acceptors (Lipinski definition) is 3. The maximum absolute atomic E-state index is 7.68. The molecule has 0 bridgehead atoms. The Hall–Kier alpha value is -2.36. The van der Waals surface area contributed by atoms with Gasteiger partial charge in [-0.25, -0.2) is 0 Å². The zero-order chi connectivity index (χ0) is 13.8. The second-order valence-corrected chi connectivity index (χ2v) is 4.60. The third-order valence-corrected chi connectivity index (χ3v) is 3.05. The highest BCUT2D eigenvalue weighted by atomic mass is 15.1. The van der Waals surface area contributed by atoms with Crippen LogP contribution in [0.25, 0.3) is 0 Å². The van der Waals surface area contributed by atoms with Crippen LogP contribution in [-0.2, 0) is 6.54 Å². The van der Waals surface area contributed by atoms with Gasteiger partial charge in [-0.1, -0.05) is 18.2 Å². The van der Waals surface area contributed by atoms with Crippen molar-refractivity contribution in [3.63, 3.8) is 0 Å². The molecule has 0 aliphatic heterocycles. The van der Waals surface area contributed by atoms with Gasteiger partial charge in [0, 0.05) is 31.5 Å². The molecule has 0 unspecified atom stereocenters. The van der Waals surface area contributed by atoms with Crippen LogP contribution in [0.1, 0.15) is 16.7 Å². The first-order valence-electron chi connectivity index (χ1n) is 6.13. The van der Waals surface area contributed by atoms with Gasteiger partial charge in [0.25, 0.3) is 0 Å². The van der Waals surface area contributed by atoms with Gasteiger partial charge in [-0.05, 0) is 30.2 Å². The minimum absolute atomic E-state index is 0.0942. The highest BCUT2D eigenvalue weighted by Gasteiger charge is 2.12. The summed E-state index contributed by atoms with van der Waals surface area (Å²) < 4.78 is 0. The van der Waals surface area contributed by atoms with E-state index in [-0.39, 0.29) is 5.84 Å². The Bertz CT molecular complexity index is 578. The molecular formula is C15H18N4. The molecule has 0 radical (unpaired) electrons. The summed E-state index contributed by atoms with van der Waals surface area (Å²) in [7, 11) is 2.00. The number of pyridine rings is 1. The van der Waals surface area contributed by atoms with Crippen LogP contribution in [0.15, 0.2) is 42.7 Å². The summed E-state index contributed by atoms with van der Waals surface area (Å²) in [6.45, 7) is 2.76. The predicted molar refractivity (Wildman–Crippen MR) is 78.5 cm³/mol. The van der Waals surface area contributed by atoms with Crippen LogP contribution in [0, 0.1) is 12.3 Å². The van der Waals surface area contributed by atoms with Crippen molar-refractivity contribution < 1.29 is 0 Å². The molecule has 0 aliphatic rings. The van der Waals surface area contributed by atoms with Crippen molar-refractivity contribution in [3.8, 4) is 0 Å². The van der Waals surface area contributed by atoms with E-state index in [2.05, 4.69) is 9.88 Å². The first kappa shape index (κ1) is 13.1. The SMILES string of the molecule is Cc1cccc(C(=N)N)c1N(C)Cc1cccnc1. The fraction of sp³-hybridized carbons (Fsp3) is 0.200. The van der Waals surface area contributed by atoms with Gasteiger partial charge in [-0.3, -0.25) is 10.4 Å². The molecule has 0 saturated heterocycles. The number of anilines is 1. The molecule has 4 nitrogen and oxygen atoms in total. The van der Waals surface area contributed by atoms with E-state index in [0.717, 1.165) is 28.9 Å². The van der Waals surface area contributed by atoms with Crippen molar-refractivity contribution in [2.24, 2.45) is 5.73 Å². The van der Waals surface area contributed by atoms with Crippen molar-refractivity contribution >= 4 is 11.5 Å². The van der Waals surface area contributed by atoms with Gasteiger partial charge in [-0.15, -0.1) is 0 Å². The van der Waals surface area contributed by atoms with E-state index in [4.69, 9.17) is 11.1 Å². The number of nitrogen functional groups attached to an aromatic ring is 1. The first-order chi connectivity index (χ1) is 9.09. The number of para-hydroxylation sites is 1. The van der Waals surface area contributed by atoms with E-state index in [0.29, 0.717) is 0 Å². The molecule has 1 aromatic carbocycles. The number of benzene rings is 1. The number of amidine groups is 1. The second-order valence-electron chi connectivity index (χ2n) is 4.60. The van der Waals surface area contributed by atoms with Gasteiger partial charge in [0.15, 0.2) is 0 Å². The van der Waals surface area contributed by atoms with Gasteiger partial charge in [0.1, 0.15) is 5.84 Å². The van der Waals surface area contributed by atoms with Crippen LogP contribution in [0.4, 0.5) is 5.69 Å². The fourth-order valence-electron chi connectivity index (χ4n) is 2.23. The lowest BCUT2D eigenvalue weighted by Gasteiger charge is -2.24. The third-order valence-electron chi connectivity index (χ3n) is 3.05. The van der Waals surface area contributed by atoms with Gasteiger partial charge >= 0.3 is 0 Å². The molecule has 2 aromatic rings. The third kappa shape index (κ3) is 2.91. The Kier molecular flexibility index (Phi) is 3.80. The highest BCUT2D eigenvalue weighted by molar-refractivity contribution is 6.01. The summed E-state index contributed by atoms with van der Waals surface area (Å²) in [6, 6.07) is 9.79. The molecule has 19 heavy (non-hydrogen) atoms. The molecule has 1 aromatic heterocycles. The number of nitrogens with one attached hydrogen (secondary N) is 1. The molecular weight excluding hydrogens is 236 g/mol. The summed E-state index contributed by atoms with van der Waals surface area (Å²) in [5.74, 6) is 0.0942. The molecule has 2 rings (SSSR count). The average Bonchev–Trinajstić information content (AvgIpc) is 2.39. The van der Waals surface area contributed by atoms with Gasteiger partial charge in [-0.2, -0.15) is 0 Å². The Morgan fingerprint density at radius 3 is 2.74 bits per heavy atom. The second kappa shape index (κ2) is 5.52. The number of hydrogen-bond donors (Lipinski definition) is 2. The van der Waals surface area contributed by atoms with Crippen LogP contribution < -0.4 is 10.6 Å². The zero-order valence-corrected chi connectivity index (χ0v) is 11.2. The molecule has 4 heteroatoms. The van der Waals surface area contributed by atoms with E-state index < -0.39 is 0 Å². The van der Waals surface area contributed by atoms with Crippen molar-refractivity contribution in [1.29, 1.82) is 5.41 Å². The lowest BCUT2D eigenvalue weighted by Crippen LogP contribution is -2.23. The summed E-state index contributed by atoms with van der Waals surface area (Å²) in [6.07, 6.45) is 3.61. The Morgan fingerprint density at radius 1 is 1.32 bits per heavy atom. The molecule has 0 spiro atoms. The molecule has 1 heterocycles. The minimum atomic E-state index is 0.0942. The Morgan fingerprint density at radius 2 is 2.11 bits per heavy atom. The smallest absolute Gasteiger partial charge is 0.124 e. The number of nitrogens with zero attached hydrogens (tertiary/aromatic N) is 2. The van der Waals surface area contributed by atoms with Crippen LogP contribution in [0.5, 0.6) is 0 Å². The van der Waals surface area contributed by atoms with E-state index in [9.17, 15) is 0 Å². The fourth-order valence-corrected chi connectivity index (χ4v) is 2.23. The van der Waals surface area contributed by atoms with Crippen molar-refractivity contribution in [2.75, 3.05) is 11.9 Å². The molecule has 3 N–H and O–H groups in total. The standard InChI is InChI=1S/C15H18N4/c1-11-5-3-7-13(15(16)17)14(11)19(2)10-12-6-4-8-18-9-12/h3-9H,10H2,1-2H3,(H3,16,17). The van der Waals surface area contributed by atoms with E-state index >= 15 is 0 Å². The van der Waals surface area contributed by atoms with Crippen molar-refractivity contribution in [2.45, 2.75) is 13.5 Å². The molecule has 0 amide bonds.